The molecule has 30 heteroatoms. The molecule has 10 rings (SSSR count). The molecule has 6 fully saturated rings. The minimum Gasteiger partial charge on any atom is -0.442 e. The molecule has 1 aromatic heterocycles. The van der Waals surface area contributed by atoms with Crippen LogP contribution in [0, 0.1) is 27.6 Å². The zero-order chi connectivity index (χ0) is 60.9. The van der Waals surface area contributed by atoms with Crippen LogP contribution in [-0.2, 0) is 44.7 Å². The van der Waals surface area contributed by atoms with Crippen molar-refractivity contribution < 1.29 is 80.1 Å². The highest BCUT2D eigenvalue weighted by molar-refractivity contribution is 5.92. The molecule has 85 heavy (non-hydrogen) atoms. The number of nitrogens with zero attached hydrogens (tertiary/aromatic N) is 9. The lowest BCUT2D eigenvalue weighted by atomic mass is 10.2. The summed E-state index contributed by atoms with van der Waals surface area (Å²) in [6.07, 6.45) is -3.13. The molecule has 6 aliphatic heterocycles. The second-order valence-electron chi connectivity index (χ2n) is 20.5. The Morgan fingerprint density at radius 3 is 1.28 bits per heavy atom. The van der Waals surface area contributed by atoms with Gasteiger partial charge in [0.05, 0.1) is 99.2 Å². The van der Waals surface area contributed by atoms with Gasteiger partial charge in [-0.1, -0.05) is 0 Å². The van der Waals surface area contributed by atoms with Gasteiger partial charge in [0.2, 0.25) is 23.6 Å². The summed E-state index contributed by atoms with van der Waals surface area (Å²) in [4.78, 5) is 104. The lowest BCUT2D eigenvalue weighted by Crippen LogP contribution is -2.49. The van der Waals surface area contributed by atoms with Crippen molar-refractivity contribution in [3.8, 4) is 0 Å². The van der Waals surface area contributed by atoms with Crippen LogP contribution in [0.25, 0.3) is 0 Å². The number of halogens is 3. The Kier molecular flexibility index (Phi) is 20.9. The van der Waals surface area contributed by atoms with Crippen LogP contribution >= 0.6 is 0 Å². The zero-order valence-electron chi connectivity index (χ0n) is 47.0. The first-order chi connectivity index (χ1) is 40.7. The quantitative estimate of drug-likeness (QED) is 0.0712. The van der Waals surface area contributed by atoms with Crippen molar-refractivity contribution in [3.63, 3.8) is 0 Å². The van der Waals surface area contributed by atoms with Gasteiger partial charge >= 0.3 is 24.2 Å². The van der Waals surface area contributed by atoms with Gasteiger partial charge in [-0.15, -0.1) is 0 Å². The van der Waals surface area contributed by atoms with E-state index in [1.165, 1.54) is 64.6 Å². The average molecular weight is 1190 g/mol. The molecule has 4 N–H and O–H groups in total. The number of hydrogen-bond donors (Lipinski definition) is 4. The van der Waals surface area contributed by atoms with Crippen LogP contribution in [0.15, 0.2) is 71.1 Å². The number of piperazine rings is 2. The van der Waals surface area contributed by atoms with Gasteiger partial charge < -0.3 is 64.0 Å². The minimum atomic E-state index is -0.585. The summed E-state index contributed by atoms with van der Waals surface area (Å²) in [5, 5.41) is 27.5. The molecule has 0 unspecified atom stereocenters. The number of carbonyl (C=O) groups excluding carboxylic acids is 7. The molecule has 3 aromatic carbocycles. The highest BCUT2D eigenvalue weighted by atomic mass is 19.1. The largest absolute Gasteiger partial charge is 0.442 e. The number of anilines is 6. The maximum absolute atomic E-state index is 14.9. The van der Waals surface area contributed by atoms with E-state index in [9.17, 15) is 56.8 Å². The molecular formula is C55H67F3N12O15. The number of benzene rings is 3. The number of nitrogens with one attached hydrogen (secondary N) is 3. The number of amides is 7. The molecule has 27 nitrogen and oxygen atoms in total. The van der Waals surface area contributed by atoms with E-state index in [4.69, 9.17) is 28.5 Å². The van der Waals surface area contributed by atoms with E-state index in [-0.39, 0.29) is 74.6 Å². The van der Waals surface area contributed by atoms with E-state index in [0.717, 1.165) is 0 Å². The molecule has 6 saturated heterocycles. The second-order valence-corrected chi connectivity index (χ2v) is 20.5. The Hall–Kier alpha value is -8.90. The number of carbonyl (C=O) groups is 7. The van der Waals surface area contributed by atoms with Gasteiger partial charge in [0.25, 0.3) is 0 Å². The number of morpholine rings is 1. The molecular weight excluding hydrogens is 1130 g/mol. The monoisotopic (exact) mass is 1190 g/mol. The van der Waals surface area contributed by atoms with Crippen molar-refractivity contribution in [3.05, 3.63) is 100 Å². The third-order valence-corrected chi connectivity index (χ3v) is 14.5. The maximum atomic E-state index is 14.9. The van der Waals surface area contributed by atoms with Crippen molar-refractivity contribution >= 4 is 81.9 Å². The third kappa shape index (κ3) is 16.5. The molecule has 6 aliphatic rings. The van der Waals surface area contributed by atoms with E-state index in [0.29, 0.717) is 125 Å². The van der Waals surface area contributed by atoms with Crippen molar-refractivity contribution in [2.24, 2.45) is 0 Å². The van der Waals surface area contributed by atoms with Crippen LogP contribution in [0.4, 0.5) is 67.6 Å². The standard InChI is InChI=1S/C21H24FN5O6.C18H23FN4O5.C16H20FN3O4/c1-14(28)23-11-17-13-26(21(29)33-17)15-2-4-19(18(22)10-15)25-8-6-24(7-9-25)12-16-3-5-20(32-16)27(30)31;1-12(25)20-9-14-10-23(18(27)28-14)13-2-3-16(15(19)8-13)21-4-6-22(7-5-21)17(26)11-24;1-11(21)18-9-13-10-20(16(22)24-13)12-2-3-15(14(17)8-12)19-4-6-23-7-5-19/h2-5,10,17H,6-9,11-13H2,1H3,(H,23,28);2-3,8,14,24H,4-7,9-11H2,1H3,(H,20,25);2-3,8,13H,4-7,9-10H2,1H3,(H,18,21)/t17-;14-;13-/m000/s1. The number of aliphatic hydroxyl groups excluding tert-OH is 1. The van der Waals surface area contributed by atoms with Crippen molar-refractivity contribution in [2.45, 2.75) is 45.6 Å². The average Bonchev–Trinajstić information content (AvgIpc) is 4.04. The number of furan rings is 1. The Morgan fingerprint density at radius 1 is 0.565 bits per heavy atom. The van der Waals surface area contributed by atoms with Gasteiger partial charge in [-0.05, 0) is 60.7 Å². The summed E-state index contributed by atoms with van der Waals surface area (Å²) in [7, 11) is 0. The van der Waals surface area contributed by atoms with E-state index in [1.54, 1.807) is 42.5 Å². The minimum absolute atomic E-state index is 0.189. The number of cyclic esters (lactones) is 3. The molecule has 0 spiro atoms. The van der Waals surface area contributed by atoms with Crippen LogP contribution in [0.3, 0.4) is 0 Å². The van der Waals surface area contributed by atoms with Crippen molar-refractivity contribution in [1.82, 2.24) is 25.8 Å². The van der Waals surface area contributed by atoms with E-state index in [2.05, 4.69) is 20.9 Å². The van der Waals surface area contributed by atoms with E-state index in [1.807, 2.05) is 14.7 Å². The van der Waals surface area contributed by atoms with Crippen molar-refractivity contribution in [2.75, 3.05) is 154 Å². The Balaban J connectivity index is 0.000000168. The van der Waals surface area contributed by atoms with Crippen LogP contribution < -0.4 is 45.3 Å². The van der Waals surface area contributed by atoms with E-state index >= 15 is 0 Å². The second kappa shape index (κ2) is 28.6. The normalized spacial score (nSPS) is 19.7. The summed E-state index contributed by atoms with van der Waals surface area (Å²) in [5.74, 6) is -2.03. The van der Waals surface area contributed by atoms with Gasteiger partial charge in [-0.25, -0.2) is 27.6 Å². The fraction of sp³-hybridized carbons (Fsp3) is 0.473. The zero-order valence-corrected chi connectivity index (χ0v) is 47.0. The molecule has 0 aliphatic carbocycles. The van der Waals surface area contributed by atoms with Gasteiger partial charge in [-0.2, -0.15) is 0 Å². The van der Waals surface area contributed by atoms with Gasteiger partial charge in [0.1, 0.15) is 53.1 Å². The predicted octanol–water partition coefficient (Wildman–Crippen LogP) is 3.16. The summed E-state index contributed by atoms with van der Waals surface area (Å²) in [5.41, 5.74) is 2.55. The molecule has 458 valence electrons. The van der Waals surface area contributed by atoms with E-state index < -0.39 is 59.8 Å². The molecule has 3 atom stereocenters. The third-order valence-electron chi connectivity index (χ3n) is 14.5. The molecule has 7 amide bonds. The number of aliphatic hydroxyl groups is 1. The highest BCUT2D eigenvalue weighted by Crippen LogP contribution is 2.32. The number of nitro groups is 1. The predicted molar refractivity (Wildman–Crippen MR) is 300 cm³/mol. The number of ether oxygens (including phenoxy) is 4. The summed E-state index contributed by atoms with van der Waals surface area (Å²) >= 11 is 0. The fourth-order valence-electron chi connectivity index (χ4n) is 10.1. The molecule has 4 aromatic rings. The van der Waals surface area contributed by atoms with Gasteiger partial charge in [0.15, 0.2) is 0 Å². The van der Waals surface area contributed by atoms with Crippen LogP contribution in [0.1, 0.15) is 26.5 Å². The summed E-state index contributed by atoms with van der Waals surface area (Å²) in [6.45, 7) is 12.0. The van der Waals surface area contributed by atoms with Crippen LogP contribution in [-0.4, -0.2) is 205 Å². The topological polar surface area (TPSA) is 295 Å². The lowest BCUT2D eigenvalue weighted by molar-refractivity contribution is -0.402. The highest BCUT2D eigenvalue weighted by Gasteiger charge is 2.36. The smallest absolute Gasteiger partial charge is 0.433 e. The van der Waals surface area contributed by atoms with Gasteiger partial charge in [0, 0.05) is 86.2 Å². The van der Waals surface area contributed by atoms with Crippen molar-refractivity contribution in [1.29, 1.82) is 0 Å². The summed E-state index contributed by atoms with van der Waals surface area (Å²) in [6, 6.07) is 16.8. The van der Waals surface area contributed by atoms with Crippen LogP contribution in [0.2, 0.25) is 0 Å². The fourth-order valence-corrected chi connectivity index (χ4v) is 10.1. The van der Waals surface area contributed by atoms with Crippen LogP contribution in [0.5, 0.6) is 0 Å². The first kappa shape index (κ1) is 62.2. The molecule has 0 radical (unpaired) electrons. The number of hydrogen-bond acceptors (Lipinski definition) is 19. The Morgan fingerprint density at radius 2 is 0.941 bits per heavy atom. The number of rotatable bonds is 16. The first-order valence-corrected chi connectivity index (χ1v) is 27.5. The molecule has 0 saturated carbocycles. The SMILES string of the molecule is CC(=O)NC[C@H]1CN(c2ccc(N3CCN(C(=O)CO)CC3)c(F)c2)C(=O)O1.CC(=O)NC[C@H]1CN(c2ccc(N3CCN(Cc4ccc([N+](=O)[O-])o4)CC3)c(F)c2)C(=O)O1.CC(=O)NC[C@H]1CN(c2ccc(N3CCOCC3)c(F)c2)C(=O)O1. The first-order valence-electron chi connectivity index (χ1n) is 27.5. The Labute approximate surface area is 486 Å². The Bertz CT molecular complexity index is 3080. The maximum Gasteiger partial charge on any atom is 0.433 e. The molecule has 0 bridgehead atoms. The summed E-state index contributed by atoms with van der Waals surface area (Å²) < 4.78 is 70.1. The lowest BCUT2D eigenvalue weighted by Gasteiger charge is -2.36. The molecule has 7 heterocycles. The van der Waals surface area contributed by atoms with Gasteiger partial charge in [-0.3, -0.25) is 48.9 Å².